The smallest absolute Gasteiger partial charge is 0.124 e. The highest BCUT2D eigenvalue weighted by Gasteiger charge is 2.06. The van der Waals surface area contributed by atoms with E-state index in [1.807, 2.05) is 12.1 Å². The highest BCUT2D eigenvalue weighted by molar-refractivity contribution is 5.62. The van der Waals surface area contributed by atoms with Crippen LogP contribution < -0.4 is 0 Å². The number of rotatable bonds is 4. The first-order chi connectivity index (χ1) is 7.42. The molecule has 1 aromatic heterocycles. The van der Waals surface area contributed by atoms with Crippen molar-refractivity contribution in [2.24, 2.45) is 0 Å². The van der Waals surface area contributed by atoms with Gasteiger partial charge in [0.25, 0.3) is 0 Å². The summed E-state index contributed by atoms with van der Waals surface area (Å²) in [5.74, 6) is 0. The van der Waals surface area contributed by atoms with Crippen molar-refractivity contribution in [1.29, 1.82) is 0 Å². The van der Waals surface area contributed by atoms with Crippen molar-refractivity contribution in [3.05, 3.63) is 42.2 Å². The summed E-state index contributed by atoms with van der Waals surface area (Å²) in [6, 6.07) is 10.3. The van der Waals surface area contributed by atoms with Crippen molar-refractivity contribution >= 4 is 0 Å². The Kier molecular flexibility index (Phi) is 3.18. The fourth-order valence-electron chi connectivity index (χ4n) is 1.71. The van der Waals surface area contributed by atoms with Crippen LogP contribution in [0.1, 0.15) is 25.3 Å². The topological polar surface area (TPSA) is 26.0 Å². The zero-order chi connectivity index (χ0) is 10.5. The molecule has 2 rings (SSSR count). The molecule has 0 fully saturated rings. The minimum absolute atomic E-state index is 0.932. The van der Waals surface area contributed by atoms with Crippen LogP contribution in [0.25, 0.3) is 11.3 Å². The molecular weight excluding hydrogens is 186 g/mol. The van der Waals surface area contributed by atoms with Gasteiger partial charge in [-0.25, -0.2) is 0 Å². The Morgan fingerprint density at radius 1 is 1.20 bits per heavy atom. The quantitative estimate of drug-likeness (QED) is 0.754. The molecule has 2 nitrogen and oxygen atoms in total. The first-order valence-corrected chi connectivity index (χ1v) is 5.40. The second kappa shape index (κ2) is 4.78. The molecule has 2 aromatic rings. The summed E-state index contributed by atoms with van der Waals surface area (Å²) < 4.78 is 4.88. The third-order valence-electron chi connectivity index (χ3n) is 2.53. The van der Waals surface area contributed by atoms with Crippen LogP contribution in [0.15, 0.2) is 41.1 Å². The Morgan fingerprint density at radius 2 is 2.07 bits per heavy atom. The van der Waals surface area contributed by atoms with Crippen molar-refractivity contribution in [1.82, 2.24) is 5.16 Å². The maximum atomic E-state index is 4.88. The predicted octanol–water partition coefficient (Wildman–Crippen LogP) is 3.68. The fourth-order valence-corrected chi connectivity index (χ4v) is 1.71. The van der Waals surface area contributed by atoms with E-state index in [-0.39, 0.29) is 0 Å². The summed E-state index contributed by atoms with van der Waals surface area (Å²) in [5, 5.41) is 3.98. The zero-order valence-electron chi connectivity index (χ0n) is 8.94. The number of hydrogen-bond donors (Lipinski definition) is 0. The Hall–Kier alpha value is -1.57. The summed E-state index contributed by atoms with van der Waals surface area (Å²) in [7, 11) is 0. The molecule has 0 bridgehead atoms. The average Bonchev–Trinajstić information content (AvgIpc) is 2.80. The van der Waals surface area contributed by atoms with Gasteiger partial charge in [-0.2, -0.15) is 0 Å². The highest BCUT2D eigenvalue weighted by Crippen LogP contribution is 2.23. The largest absolute Gasteiger partial charge is 0.364 e. The van der Waals surface area contributed by atoms with E-state index in [4.69, 9.17) is 4.52 Å². The van der Waals surface area contributed by atoms with Gasteiger partial charge in [0.05, 0.1) is 0 Å². The molecule has 15 heavy (non-hydrogen) atoms. The summed E-state index contributed by atoms with van der Waals surface area (Å²) in [6.45, 7) is 2.21. The van der Waals surface area contributed by atoms with Crippen LogP contribution in [0.4, 0.5) is 0 Å². The molecule has 0 aliphatic carbocycles. The van der Waals surface area contributed by atoms with Crippen LogP contribution in [0.5, 0.6) is 0 Å². The molecule has 0 unspecified atom stereocenters. The lowest BCUT2D eigenvalue weighted by molar-refractivity contribution is 0.422. The molecule has 0 aliphatic heterocycles. The van der Waals surface area contributed by atoms with Crippen LogP contribution in [-0.2, 0) is 6.42 Å². The second-order valence-corrected chi connectivity index (χ2v) is 3.65. The lowest BCUT2D eigenvalue weighted by Crippen LogP contribution is -1.89. The van der Waals surface area contributed by atoms with Gasteiger partial charge in [-0.1, -0.05) is 42.8 Å². The molecular formula is C13H15NO. The van der Waals surface area contributed by atoms with Crippen molar-refractivity contribution in [3.8, 4) is 11.3 Å². The SMILES string of the molecule is CCCCc1ccccc1-c1ccon1. The van der Waals surface area contributed by atoms with Gasteiger partial charge < -0.3 is 4.52 Å². The standard InChI is InChI=1S/C13H15NO/c1-2-3-6-11-7-4-5-8-12(11)13-9-10-15-14-13/h4-5,7-10H,2-3,6H2,1H3. The zero-order valence-corrected chi connectivity index (χ0v) is 8.94. The van der Waals surface area contributed by atoms with Crippen molar-refractivity contribution < 1.29 is 4.52 Å². The second-order valence-electron chi connectivity index (χ2n) is 3.65. The van der Waals surface area contributed by atoms with Gasteiger partial charge in [0, 0.05) is 11.6 Å². The maximum absolute atomic E-state index is 4.88. The Bertz CT molecular complexity index is 406. The summed E-state index contributed by atoms with van der Waals surface area (Å²) in [5.41, 5.74) is 3.48. The number of unbranched alkanes of at least 4 members (excludes halogenated alkanes) is 1. The molecule has 0 saturated carbocycles. The van der Waals surface area contributed by atoms with E-state index in [0.717, 1.165) is 12.1 Å². The molecule has 0 amide bonds. The Labute approximate surface area is 89.9 Å². The third-order valence-corrected chi connectivity index (χ3v) is 2.53. The van der Waals surface area contributed by atoms with Gasteiger partial charge in [0.2, 0.25) is 0 Å². The van der Waals surface area contributed by atoms with E-state index in [0.29, 0.717) is 0 Å². The number of aromatic nitrogens is 1. The first-order valence-electron chi connectivity index (χ1n) is 5.40. The molecule has 0 N–H and O–H groups in total. The van der Waals surface area contributed by atoms with Crippen molar-refractivity contribution in [2.75, 3.05) is 0 Å². The number of aryl methyl sites for hydroxylation is 1. The number of nitrogens with zero attached hydrogens (tertiary/aromatic N) is 1. The lowest BCUT2D eigenvalue weighted by Gasteiger charge is -2.05. The van der Waals surface area contributed by atoms with Gasteiger partial charge in [0.15, 0.2) is 0 Å². The van der Waals surface area contributed by atoms with E-state index >= 15 is 0 Å². The van der Waals surface area contributed by atoms with Crippen LogP contribution in [-0.4, -0.2) is 5.16 Å². The van der Waals surface area contributed by atoms with E-state index in [1.165, 1.54) is 24.0 Å². The Balaban J connectivity index is 2.30. The lowest BCUT2D eigenvalue weighted by atomic mass is 10.00. The molecule has 2 heteroatoms. The van der Waals surface area contributed by atoms with Crippen molar-refractivity contribution in [3.63, 3.8) is 0 Å². The van der Waals surface area contributed by atoms with Gasteiger partial charge in [-0.3, -0.25) is 0 Å². The third kappa shape index (κ3) is 2.27. The molecule has 0 saturated heterocycles. The molecule has 1 heterocycles. The minimum Gasteiger partial charge on any atom is -0.364 e. The van der Waals surface area contributed by atoms with E-state index < -0.39 is 0 Å². The molecule has 0 radical (unpaired) electrons. The van der Waals surface area contributed by atoms with E-state index in [2.05, 4.69) is 30.3 Å². The highest BCUT2D eigenvalue weighted by atomic mass is 16.5. The fraction of sp³-hybridized carbons (Fsp3) is 0.308. The first kappa shape index (κ1) is 9.97. The van der Waals surface area contributed by atoms with E-state index in [9.17, 15) is 0 Å². The number of benzene rings is 1. The molecule has 1 aromatic carbocycles. The summed E-state index contributed by atoms with van der Waals surface area (Å²) in [6.07, 6.45) is 5.16. The average molecular weight is 201 g/mol. The molecule has 78 valence electrons. The summed E-state index contributed by atoms with van der Waals surface area (Å²) in [4.78, 5) is 0. The molecule has 0 spiro atoms. The van der Waals surface area contributed by atoms with Gasteiger partial charge in [0.1, 0.15) is 12.0 Å². The Morgan fingerprint density at radius 3 is 2.80 bits per heavy atom. The van der Waals surface area contributed by atoms with Crippen LogP contribution in [0.3, 0.4) is 0 Å². The monoisotopic (exact) mass is 201 g/mol. The van der Waals surface area contributed by atoms with Crippen LogP contribution in [0.2, 0.25) is 0 Å². The molecule has 0 atom stereocenters. The van der Waals surface area contributed by atoms with Crippen LogP contribution in [0, 0.1) is 0 Å². The molecule has 0 aliphatic rings. The number of hydrogen-bond acceptors (Lipinski definition) is 2. The normalized spacial score (nSPS) is 10.5. The maximum Gasteiger partial charge on any atom is 0.124 e. The van der Waals surface area contributed by atoms with Gasteiger partial charge in [-0.05, 0) is 18.4 Å². The van der Waals surface area contributed by atoms with Crippen molar-refractivity contribution in [2.45, 2.75) is 26.2 Å². The minimum atomic E-state index is 0.932. The predicted molar refractivity (Wildman–Crippen MR) is 60.6 cm³/mol. The van der Waals surface area contributed by atoms with Gasteiger partial charge in [-0.15, -0.1) is 0 Å². The van der Waals surface area contributed by atoms with E-state index in [1.54, 1.807) is 6.26 Å². The summed E-state index contributed by atoms with van der Waals surface area (Å²) >= 11 is 0. The van der Waals surface area contributed by atoms with Crippen LogP contribution >= 0.6 is 0 Å². The van der Waals surface area contributed by atoms with Gasteiger partial charge >= 0.3 is 0 Å².